The first kappa shape index (κ1) is 9.91. The van der Waals surface area contributed by atoms with Crippen LogP contribution in [0.3, 0.4) is 0 Å². The summed E-state index contributed by atoms with van der Waals surface area (Å²) >= 11 is 0. The smallest absolute Gasteiger partial charge is 0.212 e. The maximum absolute atomic E-state index is 5.80. The third kappa shape index (κ3) is 2.44. The van der Waals surface area contributed by atoms with Crippen LogP contribution in [0.1, 0.15) is 19.1 Å². The van der Waals surface area contributed by atoms with Gasteiger partial charge < -0.3 is 0 Å². The van der Waals surface area contributed by atoms with Crippen molar-refractivity contribution in [2.24, 2.45) is 0 Å². The topological polar surface area (TPSA) is 11.3 Å². The fourth-order valence-corrected chi connectivity index (χ4v) is 1.59. The third-order valence-electron chi connectivity index (χ3n) is 2.33. The van der Waals surface area contributed by atoms with Crippen molar-refractivity contribution >= 4 is 0 Å². The molecule has 0 aliphatic rings. The molecule has 76 valence electrons. The van der Waals surface area contributed by atoms with Crippen molar-refractivity contribution in [1.29, 1.82) is 0 Å². The first-order valence-corrected chi connectivity index (χ1v) is 5.37. The number of benzene rings is 1. The van der Waals surface area contributed by atoms with Crippen molar-refractivity contribution in [1.82, 2.24) is 0 Å². The summed E-state index contributed by atoms with van der Waals surface area (Å²) in [6.45, 7) is 2.16. The van der Waals surface area contributed by atoms with Gasteiger partial charge in [0.25, 0.3) is 0 Å². The zero-order valence-corrected chi connectivity index (χ0v) is 8.94. The highest BCUT2D eigenvalue weighted by Gasteiger charge is 2.12. The summed E-state index contributed by atoms with van der Waals surface area (Å²) in [5, 5.41) is 0. The van der Waals surface area contributed by atoms with Gasteiger partial charge >= 0.3 is 11.5 Å². The van der Waals surface area contributed by atoms with Crippen LogP contribution >= 0.6 is 0 Å². The molecular formula is C14H15O+. The van der Waals surface area contributed by atoms with Crippen LogP contribution in [0.5, 0.6) is 0 Å². The van der Waals surface area contributed by atoms with Crippen LogP contribution in [-0.4, -0.2) is 0 Å². The lowest BCUT2D eigenvalue weighted by molar-refractivity contribution is 0.503. The van der Waals surface area contributed by atoms with Crippen LogP contribution < -0.4 is 0 Å². The van der Waals surface area contributed by atoms with Gasteiger partial charge in [-0.05, 0) is 24.6 Å². The largest absolute Gasteiger partial charge is 0.360 e. The molecule has 0 N–H and O–H groups in total. The molecule has 0 fully saturated rings. The molecule has 15 heavy (non-hydrogen) atoms. The van der Waals surface area contributed by atoms with E-state index in [9.17, 15) is 0 Å². The van der Waals surface area contributed by atoms with E-state index in [4.69, 9.17) is 4.42 Å². The summed E-state index contributed by atoms with van der Waals surface area (Å²) in [6.07, 6.45) is 2.11. The normalized spacial score (nSPS) is 10.2. The van der Waals surface area contributed by atoms with Crippen LogP contribution in [0.25, 0.3) is 11.3 Å². The van der Waals surface area contributed by atoms with Gasteiger partial charge in [0.1, 0.15) is 0 Å². The maximum atomic E-state index is 5.80. The molecule has 0 spiro atoms. The van der Waals surface area contributed by atoms with Gasteiger partial charge in [-0.3, -0.25) is 0 Å². The molecule has 1 aromatic carbocycles. The lowest BCUT2D eigenvalue weighted by Gasteiger charge is -1.91. The van der Waals surface area contributed by atoms with Gasteiger partial charge in [0.05, 0.1) is 12.0 Å². The molecule has 0 atom stereocenters. The lowest BCUT2D eigenvalue weighted by Crippen LogP contribution is -1.84. The first-order valence-electron chi connectivity index (χ1n) is 5.37. The standard InChI is InChI=1S/C14H15O/c1-2-7-13-10-6-11-14(15-13)12-8-4-3-5-9-12/h3-6,8-11H,2,7H2,1H3/q+1. The molecule has 0 radical (unpaired) electrons. The Morgan fingerprint density at radius 1 is 0.933 bits per heavy atom. The summed E-state index contributed by atoms with van der Waals surface area (Å²) < 4.78 is 5.80. The van der Waals surface area contributed by atoms with Gasteiger partial charge in [-0.25, -0.2) is 4.42 Å². The monoisotopic (exact) mass is 199 g/mol. The molecule has 1 heteroatoms. The van der Waals surface area contributed by atoms with Crippen molar-refractivity contribution in [2.45, 2.75) is 19.8 Å². The molecular weight excluding hydrogens is 184 g/mol. The molecule has 0 saturated carbocycles. The van der Waals surface area contributed by atoms with E-state index in [-0.39, 0.29) is 0 Å². The Morgan fingerprint density at radius 3 is 2.47 bits per heavy atom. The molecule has 0 amide bonds. The second-order valence-electron chi connectivity index (χ2n) is 3.57. The van der Waals surface area contributed by atoms with Gasteiger partial charge in [0, 0.05) is 12.1 Å². The molecule has 0 bridgehead atoms. The minimum Gasteiger partial charge on any atom is -0.212 e. The Morgan fingerprint density at radius 2 is 1.73 bits per heavy atom. The van der Waals surface area contributed by atoms with Crippen LogP contribution in [0, 0.1) is 0 Å². The van der Waals surface area contributed by atoms with E-state index in [2.05, 4.69) is 25.1 Å². The Hall–Kier alpha value is -1.63. The number of rotatable bonds is 3. The molecule has 0 aliphatic carbocycles. The van der Waals surface area contributed by atoms with E-state index in [0.29, 0.717) is 0 Å². The van der Waals surface area contributed by atoms with Crippen LogP contribution in [0.4, 0.5) is 0 Å². The molecule has 2 rings (SSSR count). The predicted octanol–water partition coefficient (Wildman–Crippen LogP) is 4.18. The van der Waals surface area contributed by atoms with Crippen LogP contribution in [0.15, 0.2) is 52.9 Å². The highest BCUT2D eigenvalue weighted by Crippen LogP contribution is 2.20. The van der Waals surface area contributed by atoms with Crippen molar-refractivity contribution in [3.05, 3.63) is 54.3 Å². The Labute approximate surface area is 90.4 Å². The Bertz CT molecular complexity index is 420. The second-order valence-corrected chi connectivity index (χ2v) is 3.57. The average Bonchev–Trinajstić information content (AvgIpc) is 2.31. The molecule has 2 aromatic rings. The van der Waals surface area contributed by atoms with Crippen molar-refractivity contribution in [3.63, 3.8) is 0 Å². The van der Waals surface area contributed by atoms with Crippen molar-refractivity contribution in [2.75, 3.05) is 0 Å². The van der Waals surface area contributed by atoms with Gasteiger partial charge in [-0.2, -0.15) is 0 Å². The Kier molecular flexibility index (Phi) is 3.13. The average molecular weight is 199 g/mol. The van der Waals surface area contributed by atoms with Crippen molar-refractivity contribution < 1.29 is 4.42 Å². The highest BCUT2D eigenvalue weighted by atomic mass is 16.3. The number of hydrogen-bond donors (Lipinski definition) is 0. The quantitative estimate of drug-likeness (QED) is 0.675. The molecule has 1 nitrogen and oxygen atoms in total. The number of aryl methyl sites for hydroxylation is 1. The zero-order chi connectivity index (χ0) is 10.5. The summed E-state index contributed by atoms with van der Waals surface area (Å²) in [5.41, 5.74) is 1.13. The first-order chi connectivity index (χ1) is 7.40. The summed E-state index contributed by atoms with van der Waals surface area (Å²) in [5.74, 6) is 2.00. The van der Waals surface area contributed by atoms with E-state index in [1.54, 1.807) is 0 Å². The molecule has 0 unspecified atom stereocenters. The summed E-state index contributed by atoms with van der Waals surface area (Å²) in [4.78, 5) is 0. The minimum absolute atomic E-state index is 0.946. The van der Waals surface area contributed by atoms with E-state index in [1.807, 2.05) is 30.3 Å². The summed E-state index contributed by atoms with van der Waals surface area (Å²) in [6, 6.07) is 16.3. The zero-order valence-electron chi connectivity index (χ0n) is 8.94. The molecule has 0 aliphatic heterocycles. The highest BCUT2D eigenvalue weighted by molar-refractivity contribution is 5.56. The van der Waals surface area contributed by atoms with E-state index in [1.165, 1.54) is 0 Å². The minimum atomic E-state index is 0.946. The molecule has 1 heterocycles. The van der Waals surface area contributed by atoms with Gasteiger partial charge in [-0.15, -0.1) is 0 Å². The molecule has 0 saturated heterocycles. The van der Waals surface area contributed by atoms with Crippen molar-refractivity contribution in [3.8, 4) is 11.3 Å². The maximum Gasteiger partial charge on any atom is 0.360 e. The SMILES string of the molecule is CCCc1cccc(-c2ccccc2)[o+]1. The van der Waals surface area contributed by atoms with Gasteiger partial charge in [0.2, 0.25) is 0 Å². The van der Waals surface area contributed by atoms with E-state index < -0.39 is 0 Å². The Balaban J connectivity index is 2.33. The third-order valence-corrected chi connectivity index (χ3v) is 2.33. The fourth-order valence-electron chi connectivity index (χ4n) is 1.59. The fraction of sp³-hybridized carbons (Fsp3) is 0.214. The molecule has 1 aromatic heterocycles. The van der Waals surface area contributed by atoms with Crippen LogP contribution in [0.2, 0.25) is 0 Å². The second kappa shape index (κ2) is 4.74. The number of hydrogen-bond acceptors (Lipinski definition) is 0. The predicted molar refractivity (Wildman–Crippen MR) is 62.5 cm³/mol. The van der Waals surface area contributed by atoms with E-state index in [0.717, 1.165) is 29.9 Å². The van der Waals surface area contributed by atoms with Gasteiger partial charge in [-0.1, -0.05) is 25.1 Å². The van der Waals surface area contributed by atoms with Crippen LogP contribution in [-0.2, 0) is 6.42 Å². The van der Waals surface area contributed by atoms with E-state index >= 15 is 0 Å². The summed E-state index contributed by atoms with van der Waals surface area (Å²) in [7, 11) is 0. The van der Waals surface area contributed by atoms with Gasteiger partial charge in [0.15, 0.2) is 0 Å². The lowest BCUT2D eigenvalue weighted by atomic mass is 10.1.